The summed E-state index contributed by atoms with van der Waals surface area (Å²) in [4.78, 5) is 12.8. The second-order valence-electron chi connectivity index (χ2n) is 4.45. The summed E-state index contributed by atoms with van der Waals surface area (Å²) < 4.78 is 5.31. The third-order valence-electron chi connectivity index (χ3n) is 3.13. The zero-order valence-corrected chi connectivity index (χ0v) is 10.8. The molecule has 4 heteroatoms. The van der Waals surface area contributed by atoms with Gasteiger partial charge in [0.1, 0.15) is 0 Å². The Morgan fingerprint density at radius 1 is 1.47 bits per heavy atom. The minimum atomic E-state index is 0.138. The maximum atomic E-state index is 11.6. The van der Waals surface area contributed by atoms with Gasteiger partial charge in [-0.25, -0.2) is 0 Å². The monoisotopic (exact) mass is 253 g/mol. The van der Waals surface area contributed by atoms with Crippen molar-refractivity contribution in [3.05, 3.63) is 22.4 Å². The van der Waals surface area contributed by atoms with Gasteiger partial charge in [0.25, 0.3) is 0 Å². The third-order valence-corrected chi connectivity index (χ3v) is 4.01. The lowest BCUT2D eigenvalue weighted by molar-refractivity contribution is -0.120. The Morgan fingerprint density at radius 3 is 3.00 bits per heavy atom. The molecule has 0 aliphatic carbocycles. The maximum Gasteiger partial charge on any atom is 0.225 e. The van der Waals surface area contributed by atoms with Crippen molar-refractivity contribution in [1.82, 2.24) is 5.32 Å². The minimum Gasteiger partial charge on any atom is -0.381 e. The fraction of sp³-hybridized carbons (Fsp3) is 0.615. The van der Waals surface area contributed by atoms with Crippen molar-refractivity contribution < 1.29 is 9.53 Å². The van der Waals surface area contributed by atoms with Gasteiger partial charge in [0, 0.05) is 24.6 Å². The van der Waals surface area contributed by atoms with Gasteiger partial charge in [-0.05, 0) is 36.6 Å². The molecule has 1 aliphatic heterocycles. The van der Waals surface area contributed by atoms with Gasteiger partial charge in [-0.2, -0.15) is 0 Å². The van der Waals surface area contributed by atoms with Crippen LogP contribution in [0.25, 0.3) is 0 Å². The molecule has 0 saturated carbocycles. The Balaban J connectivity index is 1.59. The number of nitrogens with one attached hydrogen (secondary N) is 1. The van der Waals surface area contributed by atoms with Crippen LogP contribution in [-0.2, 0) is 16.0 Å². The normalized spacial score (nSPS) is 16.9. The summed E-state index contributed by atoms with van der Waals surface area (Å²) in [5.74, 6) is 0.866. The third kappa shape index (κ3) is 4.48. The van der Waals surface area contributed by atoms with Crippen molar-refractivity contribution in [3.8, 4) is 0 Å². The van der Waals surface area contributed by atoms with Crippen LogP contribution in [-0.4, -0.2) is 25.7 Å². The van der Waals surface area contributed by atoms with E-state index in [-0.39, 0.29) is 5.91 Å². The highest BCUT2D eigenvalue weighted by molar-refractivity contribution is 7.10. The van der Waals surface area contributed by atoms with Crippen LogP contribution >= 0.6 is 11.3 Å². The lowest BCUT2D eigenvalue weighted by Crippen LogP contribution is -2.28. The molecule has 3 nitrogen and oxygen atoms in total. The summed E-state index contributed by atoms with van der Waals surface area (Å²) in [5.41, 5.74) is 0. The number of hydrogen-bond acceptors (Lipinski definition) is 3. The second kappa shape index (κ2) is 6.77. The molecule has 2 heterocycles. The molecular formula is C13H19NO2S. The SMILES string of the molecule is O=C(Cc1cccs1)NCCC1CCOCC1. The molecule has 17 heavy (non-hydrogen) atoms. The van der Waals surface area contributed by atoms with Gasteiger partial charge in [0.05, 0.1) is 6.42 Å². The van der Waals surface area contributed by atoms with E-state index in [4.69, 9.17) is 4.74 Å². The van der Waals surface area contributed by atoms with Crippen molar-refractivity contribution in [2.75, 3.05) is 19.8 Å². The first-order chi connectivity index (χ1) is 8.34. The Hall–Kier alpha value is -0.870. The van der Waals surface area contributed by atoms with Crippen LogP contribution in [0.15, 0.2) is 17.5 Å². The highest BCUT2D eigenvalue weighted by atomic mass is 32.1. The largest absolute Gasteiger partial charge is 0.381 e. The van der Waals surface area contributed by atoms with Crippen LogP contribution in [0.5, 0.6) is 0 Å². The fourth-order valence-corrected chi connectivity index (χ4v) is 2.79. The molecule has 0 radical (unpaired) electrons. The van der Waals surface area contributed by atoms with E-state index in [0.29, 0.717) is 6.42 Å². The van der Waals surface area contributed by atoms with Crippen LogP contribution in [0.2, 0.25) is 0 Å². The van der Waals surface area contributed by atoms with Crippen LogP contribution in [0.4, 0.5) is 0 Å². The van der Waals surface area contributed by atoms with E-state index in [1.807, 2.05) is 17.5 Å². The lowest BCUT2D eigenvalue weighted by atomic mass is 9.97. The molecule has 1 saturated heterocycles. The fourth-order valence-electron chi connectivity index (χ4n) is 2.08. The predicted molar refractivity (Wildman–Crippen MR) is 69.2 cm³/mol. The first-order valence-electron chi connectivity index (χ1n) is 6.21. The number of amides is 1. The quantitative estimate of drug-likeness (QED) is 0.874. The van der Waals surface area contributed by atoms with Gasteiger partial charge in [0.15, 0.2) is 0 Å². The topological polar surface area (TPSA) is 38.3 Å². The molecule has 0 atom stereocenters. The van der Waals surface area contributed by atoms with Crippen molar-refractivity contribution in [2.45, 2.75) is 25.7 Å². The summed E-state index contributed by atoms with van der Waals surface area (Å²) in [6.45, 7) is 2.57. The standard InChI is InChI=1S/C13H19NO2S/c15-13(10-12-2-1-9-17-12)14-6-3-11-4-7-16-8-5-11/h1-2,9,11H,3-8,10H2,(H,14,15). The summed E-state index contributed by atoms with van der Waals surface area (Å²) in [6, 6.07) is 3.98. The smallest absolute Gasteiger partial charge is 0.225 e. The summed E-state index contributed by atoms with van der Waals surface area (Å²) in [7, 11) is 0. The number of hydrogen-bond donors (Lipinski definition) is 1. The molecule has 1 aromatic rings. The average molecular weight is 253 g/mol. The first kappa shape index (κ1) is 12.6. The van der Waals surface area contributed by atoms with Gasteiger partial charge in [-0.15, -0.1) is 11.3 Å². The molecule has 2 rings (SSSR count). The van der Waals surface area contributed by atoms with Gasteiger partial charge in [0.2, 0.25) is 5.91 Å². The number of rotatable bonds is 5. The lowest BCUT2D eigenvalue weighted by Gasteiger charge is -2.21. The minimum absolute atomic E-state index is 0.138. The zero-order valence-electron chi connectivity index (χ0n) is 9.98. The number of thiophene rings is 1. The van der Waals surface area contributed by atoms with Crippen molar-refractivity contribution >= 4 is 17.2 Å². The summed E-state index contributed by atoms with van der Waals surface area (Å²) in [6.07, 6.45) is 3.88. The zero-order chi connectivity index (χ0) is 11.9. The molecule has 0 aromatic carbocycles. The Bertz CT molecular complexity index is 331. The van der Waals surface area contributed by atoms with Crippen LogP contribution in [0, 0.1) is 5.92 Å². The molecule has 94 valence electrons. The Kier molecular flexibility index (Phi) is 5.01. The van der Waals surface area contributed by atoms with Gasteiger partial charge in [-0.1, -0.05) is 6.07 Å². The number of carbonyl (C=O) groups excluding carboxylic acids is 1. The van der Waals surface area contributed by atoms with Crippen LogP contribution in [0.1, 0.15) is 24.1 Å². The van der Waals surface area contributed by atoms with E-state index in [9.17, 15) is 4.79 Å². The van der Waals surface area contributed by atoms with Crippen molar-refractivity contribution in [2.24, 2.45) is 5.92 Å². The molecule has 1 amide bonds. The van der Waals surface area contributed by atoms with Gasteiger partial charge < -0.3 is 10.1 Å². The molecule has 1 aliphatic rings. The molecule has 0 bridgehead atoms. The number of carbonyl (C=O) groups is 1. The second-order valence-corrected chi connectivity index (χ2v) is 5.48. The molecule has 0 unspecified atom stereocenters. The van der Waals surface area contributed by atoms with Crippen molar-refractivity contribution in [3.63, 3.8) is 0 Å². The van der Waals surface area contributed by atoms with E-state index in [0.717, 1.165) is 49.8 Å². The summed E-state index contributed by atoms with van der Waals surface area (Å²) >= 11 is 1.64. The van der Waals surface area contributed by atoms with Gasteiger partial charge >= 0.3 is 0 Å². The summed E-state index contributed by atoms with van der Waals surface area (Å²) in [5, 5.41) is 5.00. The van der Waals surface area contributed by atoms with E-state index >= 15 is 0 Å². The molecular weight excluding hydrogens is 234 g/mol. The Morgan fingerprint density at radius 2 is 2.29 bits per heavy atom. The first-order valence-corrected chi connectivity index (χ1v) is 7.09. The maximum absolute atomic E-state index is 11.6. The average Bonchev–Trinajstić information content (AvgIpc) is 2.83. The molecule has 1 fully saturated rings. The van der Waals surface area contributed by atoms with E-state index in [2.05, 4.69) is 5.32 Å². The van der Waals surface area contributed by atoms with Crippen LogP contribution in [0.3, 0.4) is 0 Å². The van der Waals surface area contributed by atoms with Gasteiger partial charge in [-0.3, -0.25) is 4.79 Å². The molecule has 1 N–H and O–H groups in total. The number of ether oxygens (including phenoxy) is 1. The molecule has 1 aromatic heterocycles. The van der Waals surface area contributed by atoms with E-state index in [1.54, 1.807) is 11.3 Å². The predicted octanol–water partition coefficient (Wildman–Crippen LogP) is 2.22. The van der Waals surface area contributed by atoms with E-state index < -0.39 is 0 Å². The van der Waals surface area contributed by atoms with E-state index in [1.165, 1.54) is 0 Å². The molecule has 0 spiro atoms. The highest BCUT2D eigenvalue weighted by Gasteiger charge is 2.13. The Labute approximate surface area is 106 Å². The van der Waals surface area contributed by atoms with Crippen LogP contribution < -0.4 is 5.32 Å². The highest BCUT2D eigenvalue weighted by Crippen LogP contribution is 2.17. The van der Waals surface area contributed by atoms with Crippen molar-refractivity contribution in [1.29, 1.82) is 0 Å².